The molecule has 2 N–H and O–H groups in total. The number of rotatable bonds is 3. The van der Waals surface area contributed by atoms with E-state index in [2.05, 4.69) is 0 Å². The Bertz CT molecular complexity index is 372. The van der Waals surface area contributed by atoms with Gasteiger partial charge in [0, 0.05) is 6.54 Å². The molecule has 1 aromatic rings. The Hall–Kier alpha value is -1.15. The molecule has 0 bridgehead atoms. The van der Waals surface area contributed by atoms with Gasteiger partial charge in [0.15, 0.2) is 5.67 Å². The van der Waals surface area contributed by atoms with Crippen LogP contribution in [0.5, 0.6) is 0 Å². The molecule has 1 aliphatic rings. The molecule has 1 nitrogen and oxygen atoms in total. The van der Waals surface area contributed by atoms with E-state index in [-0.39, 0.29) is 6.54 Å². The van der Waals surface area contributed by atoms with Crippen molar-refractivity contribution in [2.75, 3.05) is 6.54 Å². The van der Waals surface area contributed by atoms with E-state index < -0.39 is 5.67 Å². The normalized spacial score (nSPS) is 20.0. The Morgan fingerprint density at radius 3 is 2.50 bits per heavy atom. The lowest BCUT2D eigenvalue weighted by Gasteiger charge is -2.29. The largest absolute Gasteiger partial charge is 0.327 e. The Morgan fingerprint density at radius 1 is 1.19 bits per heavy atom. The predicted molar refractivity (Wildman–Crippen MR) is 64.8 cm³/mol. The van der Waals surface area contributed by atoms with E-state index in [1.807, 2.05) is 36.4 Å². The molecular weight excluding hydrogens is 201 g/mol. The van der Waals surface area contributed by atoms with Crippen molar-refractivity contribution < 1.29 is 4.39 Å². The van der Waals surface area contributed by atoms with Gasteiger partial charge in [-0.15, -0.1) is 0 Å². The fourth-order valence-electron chi connectivity index (χ4n) is 2.33. The molecule has 16 heavy (non-hydrogen) atoms. The maximum Gasteiger partial charge on any atom is 0.169 e. The van der Waals surface area contributed by atoms with E-state index in [0.29, 0.717) is 5.56 Å². The van der Waals surface area contributed by atoms with Crippen molar-refractivity contribution in [1.82, 2.24) is 0 Å². The van der Waals surface area contributed by atoms with Crippen LogP contribution in [-0.4, -0.2) is 6.54 Å². The SMILES string of the molecule is NCC(F)(C1=CCCCC1)c1ccccc1. The summed E-state index contributed by atoms with van der Waals surface area (Å²) in [4.78, 5) is 0. The molecule has 0 saturated heterocycles. The lowest BCUT2D eigenvalue weighted by atomic mass is 9.82. The molecule has 0 aliphatic heterocycles. The molecule has 1 aromatic carbocycles. The molecule has 0 heterocycles. The van der Waals surface area contributed by atoms with E-state index in [1.165, 1.54) is 6.42 Å². The van der Waals surface area contributed by atoms with Gasteiger partial charge in [-0.1, -0.05) is 36.4 Å². The van der Waals surface area contributed by atoms with Gasteiger partial charge in [-0.25, -0.2) is 4.39 Å². The summed E-state index contributed by atoms with van der Waals surface area (Å²) in [5.41, 5.74) is 5.75. The first-order chi connectivity index (χ1) is 7.77. The summed E-state index contributed by atoms with van der Waals surface area (Å²) in [6.07, 6.45) is 6.09. The van der Waals surface area contributed by atoms with Crippen LogP contribution in [0.3, 0.4) is 0 Å². The number of hydrogen-bond donors (Lipinski definition) is 1. The molecule has 2 rings (SSSR count). The predicted octanol–water partition coefficient (Wildman–Crippen LogP) is 3.31. The maximum atomic E-state index is 14.9. The molecule has 0 radical (unpaired) electrons. The number of hydrogen-bond acceptors (Lipinski definition) is 1. The molecule has 0 amide bonds. The smallest absolute Gasteiger partial charge is 0.169 e. The van der Waals surface area contributed by atoms with Gasteiger partial charge in [0.2, 0.25) is 0 Å². The molecule has 1 atom stereocenters. The number of benzene rings is 1. The first-order valence-electron chi connectivity index (χ1n) is 5.91. The molecule has 1 aliphatic carbocycles. The fourth-order valence-corrected chi connectivity index (χ4v) is 2.33. The highest BCUT2D eigenvalue weighted by atomic mass is 19.1. The number of nitrogens with two attached hydrogens (primary N) is 1. The molecule has 0 spiro atoms. The minimum atomic E-state index is -1.46. The van der Waals surface area contributed by atoms with Crippen LogP contribution in [0.4, 0.5) is 4.39 Å². The molecular formula is C14H18FN. The first kappa shape index (κ1) is 11.3. The standard InChI is InChI=1S/C14H18FN/c15-14(11-16,12-7-3-1-4-8-12)13-9-5-2-6-10-13/h1,3-4,7-9H,2,5-6,10-11,16H2. The summed E-state index contributed by atoms with van der Waals surface area (Å²) in [6, 6.07) is 9.27. The van der Waals surface area contributed by atoms with Gasteiger partial charge < -0.3 is 5.73 Å². The van der Waals surface area contributed by atoms with Gasteiger partial charge in [0.05, 0.1) is 0 Å². The molecule has 86 valence electrons. The van der Waals surface area contributed by atoms with Crippen LogP contribution in [0.25, 0.3) is 0 Å². The van der Waals surface area contributed by atoms with Crippen LogP contribution in [0.15, 0.2) is 42.0 Å². The van der Waals surface area contributed by atoms with Crippen LogP contribution < -0.4 is 5.73 Å². The van der Waals surface area contributed by atoms with E-state index in [1.54, 1.807) is 0 Å². The Kier molecular flexibility index (Phi) is 3.39. The maximum absolute atomic E-state index is 14.9. The van der Waals surface area contributed by atoms with Crippen molar-refractivity contribution in [2.45, 2.75) is 31.4 Å². The third-order valence-corrected chi connectivity index (χ3v) is 3.31. The Balaban J connectivity index is 2.35. The second-order valence-electron chi connectivity index (χ2n) is 4.35. The monoisotopic (exact) mass is 219 g/mol. The minimum Gasteiger partial charge on any atom is -0.327 e. The van der Waals surface area contributed by atoms with Gasteiger partial charge in [0.25, 0.3) is 0 Å². The topological polar surface area (TPSA) is 26.0 Å². The van der Waals surface area contributed by atoms with Gasteiger partial charge in [-0.2, -0.15) is 0 Å². The lowest BCUT2D eigenvalue weighted by molar-refractivity contribution is 0.215. The van der Waals surface area contributed by atoms with E-state index in [4.69, 9.17) is 5.73 Å². The van der Waals surface area contributed by atoms with Crippen LogP contribution >= 0.6 is 0 Å². The van der Waals surface area contributed by atoms with Crippen molar-refractivity contribution in [3.63, 3.8) is 0 Å². The van der Waals surface area contributed by atoms with E-state index >= 15 is 0 Å². The van der Waals surface area contributed by atoms with Gasteiger partial charge >= 0.3 is 0 Å². The van der Waals surface area contributed by atoms with Crippen molar-refractivity contribution in [3.8, 4) is 0 Å². The summed E-state index contributed by atoms with van der Waals surface area (Å²) < 4.78 is 14.9. The summed E-state index contributed by atoms with van der Waals surface area (Å²) in [6.45, 7) is 0.0306. The highest BCUT2D eigenvalue weighted by molar-refractivity contribution is 5.34. The van der Waals surface area contributed by atoms with Crippen molar-refractivity contribution >= 4 is 0 Å². The van der Waals surface area contributed by atoms with Crippen molar-refractivity contribution in [2.24, 2.45) is 5.73 Å². The molecule has 2 heteroatoms. The average Bonchev–Trinajstić information content (AvgIpc) is 2.40. The van der Waals surface area contributed by atoms with Crippen LogP contribution in [0.1, 0.15) is 31.2 Å². The molecule has 0 saturated carbocycles. The van der Waals surface area contributed by atoms with Crippen molar-refractivity contribution in [3.05, 3.63) is 47.5 Å². The van der Waals surface area contributed by atoms with Gasteiger partial charge in [0.1, 0.15) is 0 Å². The average molecular weight is 219 g/mol. The quantitative estimate of drug-likeness (QED) is 0.775. The highest BCUT2D eigenvalue weighted by Crippen LogP contribution is 2.38. The third-order valence-electron chi connectivity index (χ3n) is 3.31. The molecule has 1 unspecified atom stereocenters. The van der Waals surface area contributed by atoms with E-state index in [9.17, 15) is 4.39 Å². The first-order valence-corrected chi connectivity index (χ1v) is 5.91. The Morgan fingerprint density at radius 2 is 1.94 bits per heavy atom. The van der Waals surface area contributed by atoms with E-state index in [0.717, 1.165) is 24.8 Å². The molecule has 0 fully saturated rings. The zero-order valence-electron chi connectivity index (χ0n) is 9.45. The molecule has 0 aromatic heterocycles. The zero-order valence-corrected chi connectivity index (χ0v) is 9.45. The summed E-state index contributed by atoms with van der Waals surface area (Å²) >= 11 is 0. The Labute approximate surface area is 96.2 Å². The summed E-state index contributed by atoms with van der Waals surface area (Å²) in [5, 5.41) is 0. The number of allylic oxidation sites excluding steroid dienone is 1. The summed E-state index contributed by atoms with van der Waals surface area (Å²) in [7, 11) is 0. The highest BCUT2D eigenvalue weighted by Gasteiger charge is 2.34. The summed E-state index contributed by atoms with van der Waals surface area (Å²) in [5.74, 6) is 0. The van der Waals surface area contributed by atoms with Crippen LogP contribution in [0.2, 0.25) is 0 Å². The second kappa shape index (κ2) is 4.79. The number of alkyl halides is 1. The third kappa shape index (κ3) is 2.03. The van der Waals surface area contributed by atoms with Crippen LogP contribution in [-0.2, 0) is 5.67 Å². The number of halogens is 1. The zero-order chi connectivity index (χ0) is 11.4. The second-order valence-corrected chi connectivity index (χ2v) is 4.35. The lowest BCUT2D eigenvalue weighted by Crippen LogP contribution is -2.33. The minimum absolute atomic E-state index is 0.0306. The van der Waals surface area contributed by atoms with Gasteiger partial charge in [-0.05, 0) is 36.8 Å². The van der Waals surface area contributed by atoms with Gasteiger partial charge in [-0.3, -0.25) is 0 Å². The fraction of sp³-hybridized carbons (Fsp3) is 0.429. The van der Waals surface area contributed by atoms with Crippen molar-refractivity contribution in [1.29, 1.82) is 0 Å². The van der Waals surface area contributed by atoms with Crippen LogP contribution in [0, 0.1) is 0 Å².